The van der Waals surface area contributed by atoms with Crippen LogP contribution >= 0.6 is 0 Å². The minimum absolute atomic E-state index is 0.00102. The summed E-state index contributed by atoms with van der Waals surface area (Å²) in [6.07, 6.45) is 4.11. The largest absolute Gasteiger partial charge is 0.351 e. The van der Waals surface area contributed by atoms with E-state index in [2.05, 4.69) is 10.4 Å². The van der Waals surface area contributed by atoms with E-state index < -0.39 is 0 Å². The molecule has 0 spiro atoms. The maximum atomic E-state index is 12.7. The van der Waals surface area contributed by atoms with Gasteiger partial charge in [-0.05, 0) is 32.1 Å². The van der Waals surface area contributed by atoms with E-state index in [1.165, 1.54) is 0 Å². The first-order valence-electron chi connectivity index (χ1n) is 9.72. The fourth-order valence-electron chi connectivity index (χ4n) is 4.07. The lowest BCUT2D eigenvalue weighted by Crippen LogP contribution is -2.41. The van der Waals surface area contributed by atoms with Gasteiger partial charge in [-0.2, -0.15) is 5.10 Å². The second-order valence-electron chi connectivity index (χ2n) is 7.52. The van der Waals surface area contributed by atoms with Gasteiger partial charge in [-0.25, -0.2) is 0 Å². The fraction of sp³-hybridized carbons (Fsp3) is 0.684. The predicted octanol–water partition coefficient (Wildman–Crippen LogP) is 0.498. The fourth-order valence-corrected chi connectivity index (χ4v) is 4.07. The molecule has 2 bridgehead atoms. The van der Waals surface area contributed by atoms with Crippen molar-refractivity contribution in [3.8, 4) is 0 Å². The van der Waals surface area contributed by atoms with Crippen LogP contribution in [-0.4, -0.2) is 70.0 Å². The standard InChI is InChI=1S/C19H29N5O3/c1-13(25)24-10-4-6-17(26)22(2)14-7-8-16-15(12-14)18(21-23(16)3)19(27)20-9-5-11-24/h14H,4-12H2,1-3H3,(H,20,27). The van der Waals surface area contributed by atoms with Crippen molar-refractivity contribution in [2.24, 2.45) is 7.05 Å². The van der Waals surface area contributed by atoms with Gasteiger partial charge in [-0.3, -0.25) is 19.1 Å². The number of likely N-dealkylation sites (N-methyl/N-ethyl adjacent to an activating group) is 1. The first-order valence-corrected chi connectivity index (χ1v) is 9.72. The highest BCUT2D eigenvalue weighted by Crippen LogP contribution is 2.27. The summed E-state index contributed by atoms with van der Waals surface area (Å²) in [6, 6.07) is 0.0785. The first-order chi connectivity index (χ1) is 12.9. The van der Waals surface area contributed by atoms with Gasteiger partial charge in [0.1, 0.15) is 0 Å². The number of nitrogens with zero attached hydrogens (tertiary/aromatic N) is 4. The Bertz CT molecular complexity index is 742. The van der Waals surface area contributed by atoms with Crippen LogP contribution in [0.1, 0.15) is 54.4 Å². The van der Waals surface area contributed by atoms with Crippen molar-refractivity contribution in [3.63, 3.8) is 0 Å². The van der Waals surface area contributed by atoms with E-state index in [0.717, 1.165) is 24.1 Å². The average molecular weight is 375 g/mol. The van der Waals surface area contributed by atoms with Gasteiger partial charge in [0, 0.05) is 64.4 Å². The molecule has 1 N–H and O–H groups in total. The zero-order valence-electron chi connectivity index (χ0n) is 16.5. The Kier molecular flexibility index (Phi) is 5.82. The van der Waals surface area contributed by atoms with Gasteiger partial charge in [0.2, 0.25) is 11.8 Å². The molecule has 0 saturated carbocycles. The van der Waals surface area contributed by atoms with Crippen molar-refractivity contribution in [1.29, 1.82) is 0 Å². The van der Waals surface area contributed by atoms with Crippen molar-refractivity contribution < 1.29 is 14.4 Å². The van der Waals surface area contributed by atoms with E-state index in [1.54, 1.807) is 16.5 Å². The summed E-state index contributed by atoms with van der Waals surface area (Å²) in [7, 11) is 3.71. The molecule has 148 valence electrons. The molecule has 0 aromatic carbocycles. The second-order valence-corrected chi connectivity index (χ2v) is 7.52. The number of aryl methyl sites for hydroxylation is 1. The Morgan fingerprint density at radius 2 is 1.89 bits per heavy atom. The predicted molar refractivity (Wildman–Crippen MR) is 100 cm³/mol. The van der Waals surface area contributed by atoms with Gasteiger partial charge in [0.15, 0.2) is 5.69 Å². The lowest BCUT2D eigenvalue weighted by molar-refractivity contribution is -0.133. The molecule has 0 radical (unpaired) electrons. The molecule has 0 fully saturated rings. The zero-order chi connectivity index (χ0) is 19.6. The van der Waals surface area contributed by atoms with E-state index >= 15 is 0 Å². The SMILES string of the molecule is CC(=O)N1CCCNC(=O)c2nn(C)c3c2CC(CC3)N(C)C(=O)CCC1. The summed E-state index contributed by atoms with van der Waals surface area (Å²) in [4.78, 5) is 40.6. The molecule has 1 aliphatic carbocycles. The molecule has 8 nitrogen and oxygen atoms in total. The third kappa shape index (κ3) is 4.14. The highest BCUT2D eigenvalue weighted by Gasteiger charge is 2.31. The second kappa shape index (κ2) is 8.10. The molecule has 27 heavy (non-hydrogen) atoms. The van der Waals surface area contributed by atoms with Crippen molar-refractivity contribution in [2.45, 2.75) is 51.5 Å². The van der Waals surface area contributed by atoms with Crippen molar-refractivity contribution in [3.05, 3.63) is 17.0 Å². The van der Waals surface area contributed by atoms with Crippen molar-refractivity contribution in [2.75, 3.05) is 26.7 Å². The molecule has 3 amide bonds. The van der Waals surface area contributed by atoms with Gasteiger partial charge >= 0.3 is 0 Å². The van der Waals surface area contributed by atoms with Crippen LogP contribution in [0, 0.1) is 0 Å². The third-order valence-corrected chi connectivity index (χ3v) is 5.74. The Hall–Kier alpha value is -2.38. The van der Waals surface area contributed by atoms with Gasteiger partial charge in [0.25, 0.3) is 5.91 Å². The number of amides is 3. The van der Waals surface area contributed by atoms with E-state index in [0.29, 0.717) is 51.0 Å². The van der Waals surface area contributed by atoms with Crippen molar-refractivity contribution >= 4 is 17.7 Å². The van der Waals surface area contributed by atoms with Gasteiger partial charge in [-0.1, -0.05) is 0 Å². The maximum Gasteiger partial charge on any atom is 0.272 e. The topological polar surface area (TPSA) is 87.5 Å². The number of rotatable bonds is 0. The summed E-state index contributed by atoms with van der Waals surface area (Å²) in [5.41, 5.74) is 2.52. The van der Waals surface area contributed by atoms with Crippen LogP contribution in [-0.2, 0) is 29.5 Å². The number of aromatic nitrogens is 2. The Labute approximate surface area is 159 Å². The van der Waals surface area contributed by atoms with Crippen LogP contribution in [0.25, 0.3) is 0 Å². The smallest absolute Gasteiger partial charge is 0.272 e. The van der Waals surface area contributed by atoms with Gasteiger partial charge < -0.3 is 15.1 Å². The number of nitrogens with one attached hydrogen (secondary N) is 1. The molecule has 3 rings (SSSR count). The van der Waals surface area contributed by atoms with E-state index in [4.69, 9.17) is 0 Å². The minimum atomic E-state index is -0.175. The van der Waals surface area contributed by atoms with Crippen molar-refractivity contribution in [1.82, 2.24) is 24.9 Å². The molecule has 0 saturated heterocycles. The van der Waals surface area contributed by atoms with E-state index in [1.807, 2.05) is 19.0 Å². The monoisotopic (exact) mass is 375 g/mol. The number of hydrogen-bond donors (Lipinski definition) is 1. The third-order valence-electron chi connectivity index (χ3n) is 5.74. The van der Waals surface area contributed by atoms with E-state index in [9.17, 15) is 14.4 Å². The average Bonchev–Trinajstić information content (AvgIpc) is 2.98. The highest BCUT2D eigenvalue weighted by molar-refractivity contribution is 5.94. The number of hydrogen-bond acceptors (Lipinski definition) is 4. The normalized spacial score (nSPS) is 22.1. The molecular formula is C19H29N5O3. The van der Waals surface area contributed by atoms with Crippen LogP contribution in [0.15, 0.2) is 0 Å². The Balaban J connectivity index is 1.84. The number of carbonyl (C=O) groups excluding carboxylic acids is 3. The van der Waals surface area contributed by atoms with Gasteiger partial charge in [0.05, 0.1) is 0 Å². The zero-order valence-corrected chi connectivity index (χ0v) is 16.5. The lowest BCUT2D eigenvalue weighted by atomic mass is 9.90. The molecule has 2 heterocycles. The summed E-state index contributed by atoms with van der Waals surface area (Å²) in [5.74, 6) is -0.0821. The van der Waals surface area contributed by atoms with Crippen LogP contribution in [0.4, 0.5) is 0 Å². The summed E-state index contributed by atoms with van der Waals surface area (Å²) in [6.45, 7) is 3.18. The molecule has 1 aromatic rings. The number of fused-ring (bicyclic) bond motifs is 1. The Morgan fingerprint density at radius 1 is 1.15 bits per heavy atom. The van der Waals surface area contributed by atoms with Crippen LogP contribution in [0.5, 0.6) is 0 Å². The van der Waals surface area contributed by atoms with Crippen LogP contribution in [0.3, 0.4) is 0 Å². The maximum absolute atomic E-state index is 12.7. The molecule has 1 unspecified atom stereocenters. The van der Waals surface area contributed by atoms with Crippen LogP contribution in [0.2, 0.25) is 0 Å². The molecule has 1 aromatic heterocycles. The lowest BCUT2D eigenvalue weighted by Gasteiger charge is -2.32. The molecule has 1 aliphatic heterocycles. The molecule has 2 aliphatic rings. The van der Waals surface area contributed by atoms with Gasteiger partial charge in [-0.15, -0.1) is 0 Å². The summed E-state index contributed by atoms with van der Waals surface area (Å²) in [5, 5.41) is 7.38. The minimum Gasteiger partial charge on any atom is -0.351 e. The number of carbonyl (C=O) groups is 3. The van der Waals surface area contributed by atoms with E-state index in [-0.39, 0.29) is 23.8 Å². The molecule has 1 atom stereocenters. The first kappa shape index (κ1) is 19.4. The highest BCUT2D eigenvalue weighted by atomic mass is 16.2. The molecular weight excluding hydrogens is 346 g/mol. The molecule has 8 heteroatoms. The quantitative estimate of drug-likeness (QED) is 0.715. The Morgan fingerprint density at radius 3 is 2.63 bits per heavy atom. The summed E-state index contributed by atoms with van der Waals surface area (Å²) >= 11 is 0. The summed E-state index contributed by atoms with van der Waals surface area (Å²) < 4.78 is 1.79. The van der Waals surface area contributed by atoms with Crippen LogP contribution < -0.4 is 5.32 Å².